The highest BCUT2D eigenvalue weighted by molar-refractivity contribution is 6.31. The van der Waals surface area contributed by atoms with Crippen molar-refractivity contribution >= 4 is 29.1 Å². The van der Waals surface area contributed by atoms with E-state index in [0.717, 1.165) is 12.1 Å². The van der Waals surface area contributed by atoms with Crippen LogP contribution in [0.4, 0.5) is 27.6 Å². The lowest BCUT2D eigenvalue weighted by atomic mass is 9.92. The smallest absolute Gasteiger partial charge is 0.341 e. The number of aromatic nitrogens is 1. The number of pyridine rings is 1. The van der Waals surface area contributed by atoms with Gasteiger partial charge >= 0.3 is 6.18 Å². The number of aryl methyl sites for hydroxylation is 1. The zero-order valence-electron chi connectivity index (χ0n) is 20.0. The van der Waals surface area contributed by atoms with Gasteiger partial charge in [0, 0.05) is 50.4 Å². The van der Waals surface area contributed by atoms with Crippen LogP contribution >= 0.6 is 11.6 Å². The van der Waals surface area contributed by atoms with Crippen LogP contribution < -0.4 is 10.6 Å². The molecule has 0 saturated heterocycles. The van der Waals surface area contributed by atoms with Gasteiger partial charge in [-0.1, -0.05) is 17.7 Å². The first-order valence-corrected chi connectivity index (χ1v) is 11.8. The Kier molecular flexibility index (Phi) is 6.59. The van der Waals surface area contributed by atoms with Gasteiger partial charge in [0.2, 0.25) is 0 Å². The van der Waals surface area contributed by atoms with E-state index < -0.39 is 46.8 Å². The average molecular weight is 558 g/mol. The Bertz CT molecular complexity index is 1660. The summed E-state index contributed by atoms with van der Waals surface area (Å²) in [6.45, 7) is 1.74. The summed E-state index contributed by atoms with van der Waals surface area (Å²) < 4.78 is 67.9. The van der Waals surface area contributed by atoms with E-state index in [9.17, 15) is 31.5 Å². The molecule has 0 bridgehead atoms. The Morgan fingerprint density at radius 1 is 1.00 bits per heavy atom. The predicted octanol–water partition coefficient (Wildman–Crippen LogP) is 7.09. The van der Waals surface area contributed by atoms with Gasteiger partial charge in [-0.15, -0.1) is 0 Å². The summed E-state index contributed by atoms with van der Waals surface area (Å²) in [6.07, 6.45) is -3.31. The van der Waals surface area contributed by atoms with Crippen LogP contribution in [0.3, 0.4) is 0 Å². The average Bonchev–Trinajstić information content (AvgIpc) is 3.21. The van der Waals surface area contributed by atoms with E-state index >= 15 is 0 Å². The molecule has 5 nitrogen and oxygen atoms in total. The van der Waals surface area contributed by atoms with Crippen LogP contribution in [0.25, 0.3) is 11.1 Å². The van der Waals surface area contributed by atoms with Crippen LogP contribution in [0.15, 0.2) is 66.9 Å². The van der Waals surface area contributed by atoms with Gasteiger partial charge in [-0.2, -0.15) is 13.2 Å². The van der Waals surface area contributed by atoms with E-state index in [2.05, 4.69) is 15.6 Å². The third kappa shape index (κ3) is 5.07. The maximum atomic E-state index is 14.1. The van der Waals surface area contributed by atoms with Crippen LogP contribution in [0.1, 0.15) is 49.1 Å². The fourth-order valence-electron chi connectivity index (χ4n) is 4.53. The number of alkyl halides is 3. The maximum absolute atomic E-state index is 14.1. The standard InChI is InChI=1S/C28H17ClF5N3O2/c1-13-19(3-2-6-35-13)14-9-21-24(25(37-27(21)39)20-12-17(30)4-5-22(20)29)23(10-14)36-26(38)15-7-16(28(32,33)34)11-18(31)8-15/h2-12,25H,1H3,(H,36,38)(H,37,39). The number of anilines is 1. The number of hydrogen-bond acceptors (Lipinski definition) is 3. The quantitative estimate of drug-likeness (QED) is 0.263. The van der Waals surface area contributed by atoms with Gasteiger partial charge < -0.3 is 10.6 Å². The molecular formula is C28H17ClF5N3O2. The van der Waals surface area contributed by atoms with Crippen LogP contribution in [-0.2, 0) is 6.18 Å². The lowest BCUT2D eigenvalue weighted by Gasteiger charge is -2.19. The number of benzene rings is 3. The molecule has 0 saturated carbocycles. The first kappa shape index (κ1) is 26.3. The second-order valence-electron chi connectivity index (χ2n) is 8.87. The molecule has 2 heterocycles. The molecular weight excluding hydrogens is 541 g/mol. The molecule has 1 aromatic heterocycles. The molecule has 0 radical (unpaired) electrons. The van der Waals surface area contributed by atoms with E-state index in [1.165, 1.54) is 12.1 Å². The molecule has 0 spiro atoms. The lowest BCUT2D eigenvalue weighted by Crippen LogP contribution is -2.21. The number of fused-ring (bicyclic) bond motifs is 1. The van der Waals surface area contributed by atoms with Crippen molar-refractivity contribution in [2.75, 3.05) is 5.32 Å². The van der Waals surface area contributed by atoms with Crippen molar-refractivity contribution in [1.82, 2.24) is 10.3 Å². The van der Waals surface area contributed by atoms with Crippen molar-refractivity contribution < 1.29 is 31.5 Å². The summed E-state index contributed by atoms with van der Waals surface area (Å²) in [4.78, 5) is 30.5. The number of hydrogen-bond donors (Lipinski definition) is 2. The topological polar surface area (TPSA) is 71.1 Å². The van der Waals surface area contributed by atoms with Crippen molar-refractivity contribution in [2.45, 2.75) is 19.1 Å². The second kappa shape index (κ2) is 9.77. The highest BCUT2D eigenvalue weighted by Gasteiger charge is 2.36. The third-order valence-corrected chi connectivity index (χ3v) is 6.66. The molecule has 2 amide bonds. The Morgan fingerprint density at radius 2 is 1.77 bits per heavy atom. The Balaban J connectivity index is 1.68. The predicted molar refractivity (Wildman–Crippen MR) is 134 cm³/mol. The summed E-state index contributed by atoms with van der Waals surface area (Å²) in [5.41, 5.74) is 0.387. The SMILES string of the molecule is Cc1ncccc1-c1cc(NC(=O)c2cc(F)cc(C(F)(F)F)c2)c2c(c1)C(=O)NC2c1cc(F)ccc1Cl. The minimum Gasteiger partial charge on any atom is -0.341 e. The number of rotatable bonds is 4. The molecule has 0 fully saturated rings. The zero-order chi connectivity index (χ0) is 28.1. The van der Waals surface area contributed by atoms with Gasteiger partial charge in [0.05, 0.1) is 11.6 Å². The van der Waals surface area contributed by atoms with E-state index in [4.69, 9.17) is 11.6 Å². The largest absolute Gasteiger partial charge is 0.416 e. The van der Waals surface area contributed by atoms with Gasteiger partial charge in [0.15, 0.2) is 0 Å². The molecule has 11 heteroatoms. The first-order valence-electron chi connectivity index (χ1n) is 11.5. The highest BCUT2D eigenvalue weighted by Crippen LogP contribution is 2.42. The summed E-state index contributed by atoms with van der Waals surface area (Å²) in [5, 5.41) is 5.39. The van der Waals surface area contributed by atoms with Gasteiger partial charge in [-0.25, -0.2) is 8.78 Å². The van der Waals surface area contributed by atoms with Crippen LogP contribution in [0.2, 0.25) is 5.02 Å². The molecule has 39 heavy (non-hydrogen) atoms. The summed E-state index contributed by atoms with van der Waals surface area (Å²) >= 11 is 6.31. The van der Waals surface area contributed by atoms with Crippen molar-refractivity contribution in [3.63, 3.8) is 0 Å². The minimum atomic E-state index is -4.88. The molecule has 1 unspecified atom stereocenters. The maximum Gasteiger partial charge on any atom is 0.416 e. The summed E-state index contributed by atoms with van der Waals surface area (Å²) in [5.74, 6) is -3.46. The molecule has 5 rings (SSSR count). The van der Waals surface area contributed by atoms with Gasteiger partial charge in [-0.05, 0) is 67.1 Å². The number of amides is 2. The van der Waals surface area contributed by atoms with E-state index in [1.54, 1.807) is 31.3 Å². The summed E-state index contributed by atoms with van der Waals surface area (Å²) in [7, 11) is 0. The Hall–Kier alpha value is -4.31. The van der Waals surface area contributed by atoms with Crippen LogP contribution in [0.5, 0.6) is 0 Å². The van der Waals surface area contributed by atoms with Gasteiger partial charge in [-0.3, -0.25) is 14.6 Å². The fraction of sp³-hybridized carbons (Fsp3) is 0.107. The van der Waals surface area contributed by atoms with Gasteiger partial charge in [0.25, 0.3) is 11.8 Å². The monoisotopic (exact) mass is 557 g/mol. The van der Waals surface area contributed by atoms with Crippen LogP contribution in [0, 0.1) is 18.6 Å². The Morgan fingerprint density at radius 3 is 2.49 bits per heavy atom. The second-order valence-corrected chi connectivity index (χ2v) is 9.28. The van der Waals surface area contributed by atoms with E-state index in [0.29, 0.717) is 29.0 Å². The normalized spacial score (nSPS) is 14.6. The Labute approximate surface area is 223 Å². The van der Waals surface area contributed by atoms with Crippen molar-refractivity contribution in [3.05, 3.63) is 117 Å². The highest BCUT2D eigenvalue weighted by atomic mass is 35.5. The number of carbonyl (C=O) groups is 2. The first-order chi connectivity index (χ1) is 18.4. The molecule has 1 aliphatic rings. The fourth-order valence-corrected chi connectivity index (χ4v) is 4.76. The molecule has 0 aliphatic carbocycles. The number of halogens is 6. The third-order valence-electron chi connectivity index (χ3n) is 6.31. The number of nitrogens with one attached hydrogen (secondary N) is 2. The van der Waals surface area contributed by atoms with Crippen molar-refractivity contribution in [1.29, 1.82) is 0 Å². The van der Waals surface area contributed by atoms with E-state index in [-0.39, 0.29) is 33.5 Å². The van der Waals surface area contributed by atoms with E-state index in [1.807, 2.05) is 0 Å². The molecule has 4 aromatic rings. The van der Waals surface area contributed by atoms with Crippen molar-refractivity contribution in [2.24, 2.45) is 0 Å². The summed E-state index contributed by atoms with van der Waals surface area (Å²) in [6, 6.07) is 10.6. The number of carbonyl (C=O) groups excluding carboxylic acids is 2. The minimum absolute atomic E-state index is 0.0391. The van der Waals surface area contributed by atoms with Crippen LogP contribution in [-0.4, -0.2) is 16.8 Å². The molecule has 2 N–H and O–H groups in total. The number of nitrogens with zero attached hydrogens (tertiary/aromatic N) is 1. The van der Waals surface area contributed by atoms with Gasteiger partial charge in [0.1, 0.15) is 11.6 Å². The molecule has 3 aromatic carbocycles. The zero-order valence-corrected chi connectivity index (χ0v) is 20.7. The molecule has 198 valence electrons. The lowest BCUT2D eigenvalue weighted by molar-refractivity contribution is -0.137. The molecule has 1 aliphatic heterocycles. The molecule has 1 atom stereocenters. The van der Waals surface area contributed by atoms with Crippen molar-refractivity contribution in [3.8, 4) is 11.1 Å².